The van der Waals surface area contributed by atoms with Gasteiger partial charge in [-0.05, 0) is 38.0 Å². The summed E-state index contributed by atoms with van der Waals surface area (Å²) in [6, 6.07) is -0.520. The van der Waals surface area contributed by atoms with E-state index in [1.807, 2.05) is 13.8 Å². The maximum Gasteiger partial charge on any atom is 0.242 e. The first-order chi connectivity index (χ1) is 10.0. The Kier molecular flexibility index (Phi) is 8.05. The molecule has 0 saturated heterocycles. The van der Waals surface area contributed by atoms with Gasteiger partial charge in [-0.15, -0.1) is 0 Å². The second kappa shape index (κ2) is 9.55. The molecule has 0 aromatic carbocycles. The molecule has 0 bridgehead atoms. The average Bonchev–Trinajstić information content (AvgIpc) is 2.44. The molecule has 0 heterocycles. The Balaban J connectivity index is 2.51. The van der Waals surface area contributed by atoms with Crippen molar-refractivity contribution in [2.75, 3.05) is 13.2 Å². The van der Waals surface area contributed by atoms with Crippen LogP contribution in [-0.2, 0) is 9.59 Å². The lowest BCUT2D eigenvalue weighted by molar-refractivity contribution is -0.129. The van der Waals surface area contributed by atoms with Gasteiger partial charge in [0.1, 0.15) is 6.04 Å². The standard InChI is InChI=1S/C16H28N2O3/c1-12(2)10-14(16(21)17-8-9-19)18-15(20)11-13-6-4-3-5-7-13/h6,12,14,19H,3-5,7-11H2,1-2H3,(H,17,21)(H,18,20)/t14-/m0/s1. The van der Waals surface area contributed by atoms with Gasteiger partial charge in [-0.3, -0.25) is 9.59 Å². The van der Waals surface area contributed by atoms with Gasteiger partial charge < -0.3 is 15.7 Å². The van der Waals surface area contributed by atoms with Crippen molar-refractivity contribution in [2.24, 2.45) is 5.92 Å². The number of carbonyl (C=O) groups excluding carboxylic acids is 2. The molecule has 0 spiro atoms. The molecule has 0 fully saturated rings. The molecule has 1 aliphatic carbocycles. The molecule has 5 nitrogen and oxygen atoms in total. The van der Waals surface area contributed by atoms with Gasteiger partial charge in [-0.1, -0.05) is 25.5 Å². The highest BCUT2D eigenvalue weighted by Gasteiger charge is 2.22. The first-order valence-electron chi connectivity index (χ1n) is 7.88. The van der Waals surface area contributed by atoms with E-state index in [4.69, 9.17) is 5.11 Å². The summed E-state index contributed by atoms with van der Waals surface area (Å²) in [7, 11) is 0. The Bertz CT molecular complexity index is 378. The number of hydrogen-bond acceptors (Lipinski definition) is 3. The average molecular weight is 296 g/mol. The quantitative estimate of drug-likeness (QED) is 0.594. The molecule has 0 radical (unpaired) electrons. The Morgan fingerprint density at radius 3 is 2.67 bits per heavy atom. The van der Waals surface area contributed by atoms with Crippen LogP contribution in [0.5, 0.6) is 0 Å². The van der Waals surface area contributed by atoms with Crippen molar-refractivity contribution in [3.05, 3.63) is 11.6 Å². The Labute approximate surface area is 127 Å². The van der Waals surface area contributed by atoms with E-state index in [1.54, 1.807) is 0 Å². The molecule has 1 aliphatic rings. The lowest BCUT2D eigenvalue weighted by Gasteiger charge is -2.21. The van der Waals surface area contributed by atoms with Crippen molar-refractivity contribution in [1.29, 1.82) is 0 Å². The maximum atomic E-state index is 12.1. The van der Waals surface area contributed by atoms with Crippen molar-refractivity contribution in [1.82, 2.24) is 10.6 Å². The van der Waals surface area contributed by atoms with Crippen LogP contribution in [0.4, 0.5) is 0 Å². The maximum absolute atomic E-state index is 12.1. The molecule has 120 valence electrons. The monoisotopic (exact) mass is 296 g/mol. The minimum Gasteiger partial charge on any atom is -0.395 e. The normalized spacial score (nSPS) is 16.3. The topological polar surface area (TPSA) is 78.4 Å². The third kappa shape index (κ3) is 7.27. The zero-order chi connectivity index (χ0) is 15.7. The predicted octanol–water partition coefficient (Wildman–Crippen LogP) is 1.52. The lowest BCUT2D eigenvalue weighted by atomic mass is 9.96. The molecule has 0 saturated carbocycles. The predicted molar refractivity (Wildman–Crippen MR) is 82.6 cm³/mol. The smallest absolute Gasteiger partial charge is 0.242 e. The first-order valence-corrected chi connectivity index (χ1v) is 7.88. The SMILES string of the molecule is CC(C)C[C@H](NC(=O)CC1=CCCCC1)C(=O)NCCO. The molecular formula is C16H28N2O3. The molecular weight excluding hydrogens is 268 g/mol. The minimum absolute atomic E-state index is 0.0899. The molecule has 0 unspecified atom stereocenters. The van der Waals surface area contributed by atoms with Crippen molar-refractivity contribution >= 4 is 11.8 Å². The Morgan fingerprint density at radius 1 is 1.33 bits per heavy atom. The van der Waals surface area contributed by atoms with E-state index < -0.39 is 6.04 Å². The van der Waals surface area contributed by atoms with Gasteiger partial charge in [-0.2, -0.15) is 0 Å². The zero-order valence-electron chi connectivity index (χ0n) is 13.2. The van der Waals surface area contributed by atoms with Gasteiger partial charge in [0.2, 0.25) is 11.8 Å². The highest BCUT2D eigenvalue weighted by molar-refractivity contribution is 5.88. The largest absolute Gasteiger partial charge is 0.395 e. The van der Waals surface area contributed by atoms with Crippen molar-refractivity contribution in [2.45, 2.75) is 58.4 Å². The number of hydrogen-bond donors (Lipinski definition) is 3. The Morgan fingerprint density at radius 2 is 2.10 bits per heavy atom. The van der Waals surface area contributed by atoms with E-state index in [2.05, 4.69) is 16.7 Å². The first kappa shape index (κ1) is 17.7. The fraction of sp³-hybridized carbons (Fsp3) is 0.750. The highest BCUT2D eigenvalue weighted by Crippen LogP contribution is 2.20. The number of rotatable bonds is 8. The summed E-state index contributed by atoms with van der Waals surface area (Å²) >= 11 is 0. The summed E-state index contributed by atoms with van der Waals surface area (Å²) in [4.78, 5) is 24.1. The van der Waals surface area contributed by atoms with Gasteiger partial charge in [-0.25, -0.2) is 0 Å². The number of aliphatic hydroxyl groups is 1. The minimum atomic E-state index is -0.520. The van der Waals surface area contributed by atoms with Crippen LogP contribution < -0.4 is 10.6 Å². The van der Waals surface area contributed by atoms with Crippen LogP contribution in [-0.4, -0.2) is 36.1 Å². The summed E-state index contributed by atoms with van der Waals surface area (Å²) < 4.78 is 0. The van der Waals surface area contributed by atoms with Crippen molar-refractivity contribution in [3.8, 4) is 0 Å². The third-order valence-corrected chi connectivity index (χ3v) is 3.54. The van der Waals surface area contributed by atoms with E-state index in [0.29, 0.717) is 18.8 Å². The number of allylic oxidation sites excluding steroid dienone is 1. The van der Waals surface area contributed by atoms with E-state index >= 15 is 0 Å². The summed E-state index contributed by atoms with van der Waals surface area (Å²) in [6.45, 7) is 4.15. The number of nitrogens with one attached hydrogen (secondary N) is 2. The molecule has 21 heavy (non-hydrogen) atoms. The molecule has 1 atom stereocenters. The van der Waals surface area contributed by atoms with Crippen LogP contribution in [0.1, 0.15) is 52.4 Å². The van der Waals surface area contributed by atoms with Gasteiger partial charge in [0, 0.05) is 13.0 Å². The third-order valence-electron chi connectivity index (χ3n) is 3.54. The zero-order valence-corrected chi connectivity index (χ0v) is 13.2. The van der Waals surface area contributed by atoms with Gasteiger partial charge in [0.25, 0.3) is 0 Å². The second-order valence-corrected chi connectivity index (χ2v) is 6.05. The van der Waals surface area contributed by atoms with Crippen LogP contribution in [0, 0.1) is 5.92 Å². The van der Waals surface area contributed by atoms with E-state index in [9.17, 15) is 9.59 Å². The molecule has 1 rings (SSSR count). The fourth-order valence-corrected chi connectivity index (χ4v) is 2.52. The van der Waals surface area contributed by atoms with Crippen LogP contribution in [0.2, 0.25) is 0 Å². The van der Waals surface area contributed by atoms with E-state index in [1.165, 1.54) is 12.0 Å². The molecule has 3 N–H and O–H groups in total. The second-order valence-electron chi connectivity index (χ2n) is 6.05. The summed E-state index contributed by atoms with van der Waals surface area (Å²) in [5.74, 6) is 0.000690. The molecule has 0 aliphatic heterocycles. The van der Waals surface area contributed by atoms with Crippen molar-refractivity contribution < 1.29 is 14.7 Å². The Hall–Kier alpha value is -1.36. The van der Waals surface area contributed by atoms with Crippen LogP contribution in [0.15, 0.2) is 11.6 Å². The fourth-order valence-electron chi connectivity index (χ4n) is 2.52. The molecule has 0 aromatic rings. The van der Waals surface area contributed by atoms with E-state index in [0.717, 1.165) is 19.3 Å². The molecule has 2 amide bonds. The van der Waals surface area contributed by atoms with Crippen LogP contribution >= 0.6 is 0 Å². The number of amides is 2. The van der Waals surface area contributed by atoms with Gasteiger partial charge in [0.05, 0.1) is 6.61 Å². The number of carbonyl (C=O) groups is 2. The van der Waals surface area contributed by atoms with Crippen LogP contribution in [0.3, 0.4) is 0 Å². The van der Waals surface area contributed by atoms with Gasteiger partial charge in [0.15, 0.2) is 0 Å². The van der Waals surface area contributed by atoms with E-state index in [-0.39, 0.29) is 25.0 Å². The summed E-state index contributed by atoms with van der Waals surface area (Å²) in [5, 5.41) is 14.2. The van der Waals surface area contributed by atoms with Crippen LogP contribution in [0.25, 0.3) is 0 Å². The highest BCUT2D eigenvalue weighted by atomic mass is 16.3. The number of aliphatic hydroxyl groups excluding tert-OH is 1. The van der Waals surface area contributed by atoms with Gasteiger partial charge >= 0.3 is 0 Å². The summed E-state index contributed by atoms with van der Waals surface area (Å²) in [5.41, 5.74) is 1.18. The summed E-state index contributed by atoms with van der Waals surface area (Å²) in [6.07, 6.45) is 7.51. The van der Waals surface area contributed by atoms with Crippen molar-refractivity contribution in [3.63, 3.8) is 0 Å². The molecule has 0 aromatic heterocycles. The lowest BCUT2D eigenvalue weighted by Crippen LogP contribution is -2.48. The molecule has 5 heteroatoms.